The first kappa shape index (κ1) is 14.4. The van der Waals surface area contributed by atoms with Crippen LogP contribution in [0.5, 0.6) is 0 Å². The van der Waals surface area contributed by atoms with Crippen LogP contribution in [0.2, 0.25) is 0 Å². The maximum Gasteiger partial charge on any atom is 0.407 e. The minimum absolute atomic E-state index is 0.159. The van der Waals surface area contributed by atoms with E-state index in [0.29, 0.717) is 18.7 Å². The Kier molecular flexibility index (Phi) is 5.57. The molecule has 0 aromatic carbocycles. The Balaban J connectivity index is 2.32. The summed E-state index contributed by atoms with van der Waals surface area (Å²) in [6.07, 6.45) is 2.93. The van der Waals surface area contributed by atoms with Crippen LogP contribution in [0.25, 0.3) is 0 Å². The number of nitrogens with zero attached hydrogens (tertiary/aromatic N) is 2. The standard InChI is InChI=1S/C11H14BrN3O3/c1-15(11(17)18)4-2-3-10(16)14-9-5-8(12)6-13-7-9/h5-7H,2-4H2,1H3,(H,14,16)(H,17,18). The van der Waals surface area contributed by atoms with Crippen LogP contribution in [0, 0.1) is 0 Å². The van der Waals surface area contributed by atoms with Gasteiger partial charge in [-0.3, -0.25) is 9.78 Å². The average molecular weight is 316 g/mol. The minimum Gasteiger partial charge on any atom is -0.465 e. The molecule has 7 heteroatoms. The molecule has 0 saturated carbocycles. The van der Waals surface area contributed by atoms with Crippen molar-refractivity contribution in [1.29, 1.82) is 0 Å². The van der Waals surface area contributed by atoms with Gasteiger partial charge >= 0.3 is 6.09 Å². The summed E-state index contributed by atoms with van der Waals surface area (Å²) in [4.78, 5) is 27.1. The molecule has 0 unspecified atom stereocenters. The lowest BCUT2D eigenvalue weighted by molar-refractivity contribution is -0.116. The number of rotatable bonds is 5. The number of hydrogen-bond acceptors (Lipinski definition) is 3. The maximum atomic E-state index is 11.6. The molecule has 0 aliphatic rings. The molecule has 1 heterocycles. The molecule has 0 aliphatic heterocycles. The van der Waals surface area contributed by atoms with E-state index >= 15 is 0 Å². The van der Waals surface area contributed by atoms with E-state index in [4.69, 9.17) is 5.11 Å². The molecule has 1 aromatic rings. The fraction of sp³-hybridized carbons (Fsp3) is 0.364. The quantitative estimate of drug-likeness (QED) is 0.872. The van der Waals surface area contributed by atoms with Gasteiger partial charge in [0.05, 0.1) is 11.9 Å². The zero-order valence-corrected chi connectivity index (χ0v) is 11.5. The Hall–Kier alpha value is -1.63. The van der Waals surface area contributed by atoms with E-state index in [2.05, 4.69) is 26.2 Å². The number of anilines is 1. The van der Waals surface area contributed by atoms with Crippen LogP contribution >= 0.6 is 15.9 Å². The van der Waals surface area contributed by atoms with Gasteiger partial charge in [-0.1, -0.05) is 0 Å². The van der Waals surface area contributed by atoms with Crippen LogP contribution in [0.3, 0.4) is 0 Å². The molecule has 0 spiro atoms. The van der Waals surface area contributed by atoms with Gasteiger partial charge in [-0.2, -0.15) is 0 Å². The van der Waals surface area contributed by atoms with Crippen LogP contribution in [-0.4, -0.2) is 40.6 Å². The van der Waals surface area contributed by atoms with Crippen molar-refractivity contribution in [3.63, 3.8) is 0 Å². The van der Waals surface area contributed by atoms with Crippen LogP contribution in [0.15, 0.2) is 22.9 Å². The summed E-state index contributed by atoms with van der Waals surface area (Å²) in [7, 11) is 1.47. The van der Waals surface area contributed by atoms with Gasteiger partial charge in [-0.05, 0) is 28.4 Å². The lowest BCUT2D eigenvalue weighted by atomic mass is 10.3. The topological polar surface area (TPSA) is 82.5 Å². The average Bonchev–Trinajstić information content (AvgIpc) is 2.28. The van der Waals surface area contributed by atoms with E-state index in [1.807, 2.05) is 0 Å². The first-order valence-corrected chi connectivity index (χ1v) is 6.13. The summed E-state index contributed by atoms with van der Waals surface area (Å²) in [6.45, 7) is 0.333. The molecule has 0 radical (unpaired) electrons. The highest BCUT2D eigenvalue weighted by Gasteiger charge is 2.07. The summed E-state index contributed by atoms with van der Waals surface area (Å²) < 4.78 is 0.783. The van der Waals surface area contributed by atoms with Crippen LogP contribution in [0.4, 0.5) is 10.5 Å². The Morgan fingerprint density at radius 2 is 2.22 bits per heavy atom. The second-order valence-electron chi connectivity index (χ2n) is 3.75. The molecule has 18 heavy (non-hydrogen) atoms. The molecule has 0 bridgehead atoms. The van der Waals surface area contributed by atoms with E-state index in [9.17, 15) is 9.59 Å². The molecule has 6 nitrogen and oxygen atoms in total. The highest BCUT2D eigenvalue weighted by molar-refractivity contribution is 9.10. The number of hydrogen-bond donors (Lipinski definition) is 2. The van der Waals surface area contributed by atoms with Crippen molar-refractivity contribution in [3.05, 3.63) is 22.9 Å². The van der Waals surface area contributed by atoms with Gasteiger partial charge in [0, 0.05) is 30.7 Å². The van der Waals surface area contributed by atoms with Gasteiger partial charge in [-0.15, -0.1) is 0 Å². The van der Waals surface area contributed by atoms with Crippen molar-refractivity contribution in [2.45, 2.75) is 12.8 Å². The number of nitrogens with one attached hydrogen (secondary N) is 1. The molecular weight excluding hydrogens is 302 g/mol. The van der Waals surface area contributed by atoms with Crippen molar-refractivity contribution in [2.24, 2.45) is 0 Å². The monoisotopic (exact) mass is 315 g/mol. The molecular formula is C11H14BrN3O3. The van der Waals surface area contributed by atoms with Crippen LogP contribution in [0.1, 0.15) is 12.8 Å². The largest absolute Gasteiger partial charge is 0.465 e. The maximum absolute atomic E-state index is 11.6. The second-order valence-corrected chi connectivity index (χ2v) is 4.66. The number of halogens is 1. The molecule has 2 N–H and O–H groups in total. The Bertz CT molecular complexity index is 439. The van der Waals surface area contributed by atoms with Crippen molar-refractivity contribution < 1.29 is 14.7 Å². The summed E-state index contributed by atoms with van der Waals surface area (Å²) >= 11 is 3.25. The summed E-state index contributed by atoms with van der Waals surface area (Å²) in [6, 6.07) is 1.74. The van der Waals surface area contributed by atoms with E-state index in [1.165, 1.54) is 7.05 Å². The van der Waals surface area contributed by atoms with Gasteiger partial charge in [0.15, 0.2) is 0 Å². The molecule has 98 valence electrons. The van der Waals surface area contributed by atoms with Gasteiger partial charge in [-0.25, -0.2) is 4.79 Å². The fourth-order valence-electron chi connectivity index (χ4n) is 1.28. The third-order valence-corrected chi connectivity index (χ3v) is 2.65. The van der Waals surface area contributed by atoms with Gasteiger partial charge in [0.2, 0.25) is 5.91 Å². The zero-order valence-electron chi connectivity index (χ0n) is 9.89. The van der Waals surface area contributed by atoms with E-state index < -0.39 is 6.09 Å². The first-order chi connectivity index (χ1) is 8.49. The third-order valence-electron chi connectivity index (χ3n) is 2.21. The zero-order chi connectivity index (χ0) is 13.5. The summed E-state index contributed by atoms with van der Waals surface area (Å²) in [5, 5.41) is 11.3. The van der Waals surface area contributed by atoms with Crippen molar-refractivity contribution in [3.8, 4) is 0 Å². The van der Waals surface area contributed by atoms with Crippen molar-refractivity contribution in [1.82, 2.24) is 9.88 Å². The summed E-state index contributed by atoms with van der Waals surface area (Å²) in [5.41, 5.74) is 0.612. The molecule has 0 atom stereocenters. The molecule has 2 amide bonds. The lowest BCUT2D eigenvalue weighted by Crippen LogP contribution is -2.26. The fourth-order valence-corrected chi connectivity index (χ4v) is 1.64. The van der Waals surface area contributed by atoms with E-state index in [0.717, 1.165) is 9.37 Å². The normalized spacial score (nSPS) is 9.89. The molecule has 0 aliphatic carbocycles. The van der Waals surface area contributed by atoms with Crippen molar-refractivity contribution in [2.75, 3.05) is 18.9 Å². The summed E-state index contributed by atoms with van der Waals surface area (Å²) in [5.74, 6) is -0.159. The highest BCUT2D eigenvalue weighted by atomic mass is 79.9. The molecule has 0 saturated heterocycles. The van der Waals surface area contributed by atoms with Crippen LogP contribution < -0.4 is 5.32 Å². The second kappa shape index (κ2) is 6.95. The SMILES string of the molecule is CN(CCCC(=O)Nc1cncc(Br)c1)C(=O)O. The lowest BCUT2D eigenvalue weighted by Gasteiger charge is -2.12. The smallest absolute Gasteiger partial charge is 0.407 e. The minimum atomic E-state index is -0.994. The predicted molar refractivity (Wildman–Crippen MR) is 70.5 cm³/mol. The van der Waals surface area contributed by atoms with Gasteiger partial charge in [0.1, 0.15) is 0 Å². The van der Waals surface area contributed by atoms with Crippen LogP contribution in [-0.2, 0) is 4.79 Å². The Morgan fingerprint density at radius 1 is 1.50 bits per heavy atom. The number of amides is 2. The number of carboxylic acid groups (broad SMARTS) is 1. The first-order valence-electron chi connectivity index (χ1n) is 5.33. The number of carbonyl (C=O) groups is 2. The Labute approximate surface area is 113 Å². The number of carbonyl (C=O) groups excluding carboxylic acids is 1. The predicted octanol–water partition coefficient (Wildman–Crippen LogP) is 2.17. The number of aromatic nitrogens is 1. The van der Waals surface area contributed by atoms with Gasteiger partial charge in [0.25, 0.3) is 0 Å². The third kappa shape index (κ3) is 5.13. The number of pyridine rings is 1. The highest BCUT2D eigenvalue weighted by Crippen LogP contribution is 2.13. The molecule has 0 fully saturated rings. The Morgan fingerprint density at radius 3 is 2.83 bits per heavy atom. The molecule has 1 rings (SSSR count). The van der Waals surface area contributed by atoms with Gasteiger partial charge < -0.3 is 15.3 Å². The van der Waals surface area contributed by atoms with E-state index in [-0.39, 0.29) is 12.3 Å². The molecule has 1 aromatic heterocycles. The van der Waals surface area contributed by atoms with Crippen molar-refractivity contribution >= 4 is 33.6 Å². The van der Waals surface area contributed by atoms with E-state index in [1.54, 1.807) is 18.5 Å².